The smallest absolute Gasteiger partial charge is 0.317 e. The largest absolute Gasteiger partial charge is 0.452 e. The molecular formula is C25H26N2O3S. The molecule has 0 radical (unpaired) electrons. The zero-order valence-electron chi connectivity index (χ0n) is 17.6. The maximum Gasteiger partial charge on any atom is 0.317 e. The average molecular weight is 435 g/mol. The van der Waals surface area contributed by atoms with Gasteiger partial charge in [0.25, 0.3) is 5.91 Å². The van der Waals surface area contributed by atoms with E-state index >= 15 is 0 Å². The second kappa shape index (κ2) is 9.88. The lowest BCUT2D eigenvalue weighted by atomic mass is 10.1. The van der Waals surface area contributed by atoms with E-state index < -0.39 is 6.10 Å². The summed E-state index contributed by atoms with van der Waals surface area (Å²) in [6.45, 7) is 4.45. The van der Waals surface area contributed by atoms with Gasteiger partial charge in [-0.1, -0.05) is 48.5 Å². The van der Waals surface area contributed by atoms with Crippen LogP contribution < -0.4 is 4.90 Å². The lowest BCUT2D eigenvalue weighted by Gasteiger charge is -2.37. The summed E-state index contributed by atoms with van der Waals surface area (Å²) in [5.41, 5.74) is 1.17. The van der Waals surface area contributed by atoms with Crippen molar-refractivity contribution in [2.75, 3.05) is 36.8 Å². The lowest BCUT2D eigenvalue weighted by molar-refractivity contribution is -0.157. The van der Waals surface area contributed by atoms with Gasteiger partial charge in [0.1, 0.15) is 0 Å². The molecule has 6 heteroatoms. The molecule has 1 aliphatic rings. The van der Waals surface area contributed by atoms with Crippen LogP contribution in [0.25, 0.3) is 10.8 Å². The van der Waals surface area contributed by atoms with Gasteiger partial charge in [0.05, 0.1) is 5.75 Å². The number of ether oxygens (including phenoxy) is 1. The molecule has 1 unspecified atom stereocenters. The minimum absolute atomic E-state index is 0.128. The van der Waals surface area contributed by atoms with Gasteiger partial charge in [-0.2, -0.15) is 0 Å². The third kappa shape index (κ3) is 5.39. The van der Waals surface area contributed by atoms with E-state index in [1.807, 2.05) is 42.5 Å². The Hall–Kier alpha value is -2.99. The van der Waals surface area contributed by atoms with Gasteiger partial charge < -0.3 is 14.5 Å². The van der Waals surface area contributed by atoms with Crippen molar-refractivity contribution < 1.29 is 14.3 Å². The van der Waals surface area contributed by atoms with E-state index in [9.17, 15) is 9.59 Å². The second-order valence-electron chi connectivity index (χ2n) is 7.58. The highest BCUT2D eigenvalue weighted by atomic mass is 32.2. The Morgan fingerprint density at radius 3 is 2.32 bits per heavy atom. The SMILES string of the molecule is CC(OC(=O)CSc1ccc2ccccc2c1)C(=O)N1CCN(c2ccccc2)CC1. The fraction of sp³-hybridized carbons (Fsp3) is 0.280. The Labute approximate surface area is 187 Å². The van der Waals surface area contributed by atoms with Crippen LogP contribution in [0, 0.1) is 0 Å². The molecule has 5 nitrogen and oxygen atoms in total. The maximum atomic E-state index is 12.7. The van der Waals surface area contributed by atoms with Gasteiger partial charge in [0.15, 0.2) is 6.10 Å². The summed E-state index contributed by atoms with van der Waals surface area (Å²) in [4.78, 5) is 30.1. The standard InChI is InChI=1S/C25H26N2O3S/c1-19(25(29)27-15-13-26(14-16-27)22-9-3-2-4-10-22)30-24(28)18-31-23-12-11-20-7-5-6-8-21(20)17-23/h2-12,17,19H,13-16,18H2,1H3. The number of rotatable bonds is 6. The van der Waals surface area contributed by atoms with Gasteiger partial charge in [-0.15, -0.1) is 11.8 Å². The number of piperazine rings is 1. The highest BCUT2D eigenvalue weighted by Crippen LogP contribution is 2.24. The zero-order chi connectivity index (χ0) is 21.6. The molecule has 3 aromatic rings. The summed E-state index contributed by atoms with van der Waals surface area (Å²) in [7, 11) is 0. The molecule has 1 aliphatic heterocycles. The number of hydrogen-bond acceptors (Lipinski definition) is 5. The molecule has 0 aliphatic carbocycles. The van der Waals surface area contributed by atoms with Crippen LogP contribution in [-0.4, -0.2) is 54.8 Å². The van der Waals surface area contributed by atoms with Gasteiger partial charge in [-0.05, 0) is 42.0 Å². The molecule has 0 bridgehead atoms. The molecule has 0 aromatic heterocycles. The summed E-state index contributed by atoms with van der Waals surface area (Å²) in [5.74, 6) is -0.323. The van der Waals surface area contributed by atoms with E-state index in [1.165, 1.54) is 22.8 Å². The number of para-hydroxylation sites is 1. The van der Waals surface area contributed by atoms with Crippen molar-refractivity contribution in [1.82, 2.24) is 4.90 Å². The van der Waals surface area contributed by atoms with Crippen molar-refractivity contribution in [1.29, 1.82) is 0 Å². The number of carbonyl (C=O) groups is 2. The number of carbonyl (C=O) groups excluding carboxylic acids is 2. The summed E-state index contributed by atoms with van der Waals surface area (Å²) < 4.78 is 5.42. The predicted molar refractivity (Wildman–Crippen MR) is 125 cm³/mol. The van der Waals surface area contributed by atoms with Gasteiger partial charge in [0, 0.05) is 36.8 Å². The highest BCUT2D eigenvalue weighted by molar-refractivity contribution is 8.00. The van der Waals surface area contributed by atoms with Crippen LogP contribution in [0.4, 0.5) is 5.69 Å². The van der Waals surface area contributed by atoms with Crippen LogP contribution in [0.15, 0.2) is 77.7 Å². The number of thioether (sulfide) groups is 1. The van der Waals surface area contributed by atoms with Crippen molar-refractivity contribution in [2.45, 2.75) is 17.9 Å². The number of benzene rings is 3. The molecule has 1 fully saturated rings. The molecule has 4 rings (SSSR count). The van der Waals surface area contributed by atoms with Crippen LogP contribution in [0.1, 0.15) is 6.92 Å². The molecule has 1 atom stereocenters. The molecule has 1 amide bonds. The third-order valence-corrected chi connectivity index (χ3v) is 6.41. The topological polar surface area (TPSA) is 49.9 Å². The molecule has 1 saturated heterocycles. The predicted octanol–water partition coefficient (Wildman–Crippen LogP) is 4.21. The van der Waals surface area contributed by atoms with E-state index in [1.54, 1.807) is 11.8 Å². The number of amides is 1. The first-order chi connectivity index (χ1) is 15.1. The summed E-state index contributed by atoms with van der Waals surface area (Å²) in [5, 5.41) is 2.31. The van der Waals surface area contributed by atoms with Crippen LogP contribution >= 0.6 is 11.8 Å². The Bertz CT molecular complexity index is 1050. The van der Waals surface area contributed by atoms with Gasteiger partial charge in [0.2, 0.25) is 0 Å². The number of hydrogen-bond donors (Lipinski definition) is 0. The van der Waals surface area contributed by atoms with Gasteiger partial charge in [-0.3, -0.25) is 9.59 Å². The van der Waals surface area contributed by atoms with Crippen LogP contribution in [0.5, 0.6) is 0 Å². The van der Waals surface area contributed by atoms with Crippen molar-refractivity contribution in [2.24, 2.45) is 0 Å². The quantitative estimate of drug-likeness (QED) is 0.430. The minimum Gasteiger partial charge on any atom is -0.452 e. The van der Waals surface area contributed by atoms with Crippen LogP contribution in [0.2, 0.25) is 0 Å². The number of nitrogens with zero attached hydrogens (tertiary/aromatic N) is 2. The lowest BCUT2D eigenvalue weighted by Crippen LogP contribution is -2.51. The molecule has 31 heavy (non-hydrogen) atoms. The second-order valence-corrected chi connectivity index (χ2v) is 8.63. The molecule has 160 valence electrons. The first-order valence-corrected chi connectivity index (χ1v) is 11.5. The summed E-state index contributed by atoms with van der Waals surface area (Å²) in [6.07, 6.45) is -0.770. The fourth-order valence-corrected chi connectivity index (χ4v) is 4.49. The molecule has 0 saturated carbocycles. The first kappa shape index (κ1) is 21.2. The van der Waals surface area contributed by atoms with E-state index in [0.717, 1.165) is 23.4 Å². The third-order valence-electron chi connectivity index (χ3n) is 5.45. The Kier molecular flexibility index (Phi) is 6.77. The molecule has 0 spiro atoms. The molecule has 0 N–H and O–H groups in total. The average Bonchev–Trinajstić information content (AvgIpc) is 2.82. The van der Waals surface area contributed by atoms with Crippen LogP contribution in [0.3, 0.4) is 0 Å². The summed E-state index contributed by atoms with van der Waals surface area (Å²) >= 11 is 1.42. The van der Waals surface area contributed by atoms with Crippen LogP contribution in [-0.2, 0) is 14.3 Å². The van der Waals surface area contributed by atoms with Crippen molar-refractivity contribution in [3.8, 4) is 0 Å². The van der Waals surface area contributed by atoms with Gasteiger partial charge >= 0.3 is 5.97 Å². The number of anilines is 1. The van der Waals surface area contributed by atoms with E-state index in [0.29, 0.717) is 13.1 Å². The Morgan fingerprint density at radius 1 is 0.903 bits per heavy atom. The molecular weight excluding hydrogens is 408 g/mol. The Morgan fingerprint density at radius 2 is 1.58 bits per heavy atom. The van der Waals surface area contributed by atoms with Crippen molar-refractivity contribution in [3.05, 3.63) is 72.8 Å². The van der Waals surface area contributed by atoms with E-state index in [2.05, 4.69) is 35.2 Å². The Balaban J connectivity index is 1.24. The van der Waals surface area contributed by atoms with E-state index in [4.69, 9.17) is 4.74 Å². The maximum absolute atomic E-state index is 12.7. The molecule has 3 aromatic carbocycles. The normalized spacial score (nSPS) is 15.0. The molecule has 1 heterocycles. The zero-order valence-corrected chi connectivity index (χ0v) is 18.4. The fourth-order valence-electron chi connectivity index (χ4n) is 3.76. The minimum atomic E-state index is -0.770. The van der Waals surface area contributed by atoms with Gasteiger partial charge in [-0.25, -0.2) is 0 Å². The number of esters is 1. The number of fused-ring (bicyclic) bond motifs is 1. The van der Waals surface area contributed by atoms with E-state index in [-0.39, 0.29) is 17.6 Å². The van der Waals surface area contributed by atoms with Crippen molar-refractivity contribution in [3.63, 3.8) is 0 Å². The van der Waals surface area contributed by atoms with Crippen molar-refractivity contribution >= 4 is 40.1 Å². The first-order valence-electron chi connectivity index (χ1n) is 10.5. The monoisotopic (exact) mass is 434 g/mol. The highest BCUT2D eigenvalue weighted by Gasteiger charge is 2.27. The summed E-state index contributed by atoms with van der Waals surface area (Å²) in [6, 6.07) is 24.4.